The molecule has 3 rings (SSSR count). The van der Waals surface area contributed by atoms with E-state index >= 15 is 0 Å². The van der Waals surface area contributed by atoms with Crippen molar-refractivity contribution in [1.29, 1.82) is 0 Å². The zero-order valence-electron chi connectivity index (χ0n) is 12.5. The molecule has 2 aliphatic rings. The molecule has 1 aliphatic heterocycles. The lowest BCUT2D eigenvalue weighted by Gasteiger charge is -2.54. The Morgan fingerprint density at radius 3 is 2.48 bits per heavy atom. The molecule has 118 valence electrons. The van der Waals surface area contributed by atoms with Crippen LogP contribution in [-0.4, -0.2) is 38.1 Å². The summed E-state index contributed by atoms with van der Waals surface area (Å²) in [5.41, 5.74) is 5.18. The van der Waals surface area contributed by atoms with Gasteiger partial charge < -0.3 is 15.4 Å². The number of likely N-dealkylation sites (tertiary alicyclic amines) is 1. The van der Waals surface area contributed by atoms with Gasteiger partial charge in [0.15, 0.2) is 0 Å². The van der Waals surface area contributed by atoms with Crippen LogP contribution in [0.25, 0.3) is 0 Å². The molecule has 1 aliphatic carbocycles. The van der Waals surface area contributed by atoms with Crippen molar-refractivity contribution in [1.82, 2.24) is 4.90 Å². The molecule has 0 aromatic carbocycles. The number of rotatable bonds is 3. The molecule has 1 saturated heterocycles. The Balaban J connectivity index is 0.00000161. The SMILES string of the molecule is COC1(c2ccc(C(N)=O)s2)[C@@H]2CCC[C@H]1CN(C)C2.Cl. The van der Waals surface area contributed by atoms with Crippen LogP contribution in [0.4, 0.5) is 0 Å². The number of carbonyl (C=O) groups excluding carboxylic acids is 1. The fourth-order valence-corrected chi connectivity index (χ4v) is 5.36. The fourth-order valence-electron chi connectivity index (χ4n) is 4.17. The second-order valence-electron chi connectivity index (χ2n) is 6.07. The van der Waals surface area contributed by atoms with Gasteiger partial charge in [0.05, 0.1) is 4.88 Å². The highest BCUT2D eigenvalue weighted by atomic mass is 35.5. The summed E-state index contributed by atoms with van der Waals surface area (Å²) in [6, 6.07) is 3.89. The number of carbonyl (C=O) groups is 1. The number of hydrogen-bond donors (Lipinski definition) is 1. The molecule has 1 saturated carbocycles. The third-order valence-electron chi connectivity index (χ3n) is 4.95. The van der Waals surface area contributed by atoms with Gasteiger partial charge in [0.2, 0.25) is 0 Å². The normalized spacial score (nSPS) is 32.5. The molecule has 3 atom stereocenters. The Labute approximate surface area is 136 Å². The second-order valence-corrected chi connectivity index (χ2v) is 7.16. The molecule has 1 unspecified atom stereocenters. The standard InChI is InChI=1S/C15H22N2O2S.ClH/c1-17-8-10-4-3-5-11(9-17)15(10,19-2)13-7-6-12(20-13)14(16)18;/h6-7,10-11H,3-5,8-9H2,1-2H3,(H2,16,18);1H/t10-,11+,15?;. The van der Waals surface area contributed by atoms with Crippen molar-refractivity contribution in [3.8, 4) is 0 Å². The van der Waals surface area contributed by atoms with Crippen LogP contribution < -0.4 is 5.73 Å². The Morgan fingerprint density at radius 2 is 2.00 bits per heavy atom. The first-order valence-electron chi connectivity index (χ1n) is 7.21. The molecule has 0 radical (unpaired) electrons. The van der Waals surface area contributed by atoms with E-state index in [4.69, 9.17) is 10.5 Å². The molecule has 6 heteroatoms. The predicted octanol–water partition coefficient (Wildman–Crippen LogP) is 2.47. The van der Waals surface area contributed by atoms with Gasteiger partial charge in [0.1, 0.15) is 5.60 Å². The summed E-state index contributed by atoms with van der Waals surface area (Å²) in [4.78, 5) is 15.6. The maximum absolute atomic E-state index is 11.4. The molecule has 1 amide bonds. The molecule has 1 aromatic heterocycles. The summed E-state index contributed by atoms with van der Waals surface area (Å²) in [6.07, 6.45) is 3.67. The van der Waals surface area contributed by atoms with Gasteiger partial charge in [-0.05, 0) is 32.0 Å². The summed E-state index contributed by atoms with van der Waals surface area (Å²) in [6.45, 7) is 2.13. The molecular weight excluding hydrogens is 308 g/mol. The number of hydrogen-bond acceptors (Lipinski definition) is 4. The van der Waals surface area contributed by atoms with Gasteiger partial charge in [0.25, 0.3) is 5.91 Å². The molecule has 4 nitrogen and oxygen atoms in total. The van der Waals surface area contributed by atoms with Crippen LogP contribution in [0.2, 0.25) is 0 Å². The summed E-state index contributed by atoms with van der Waals surface area (Å²) in [5.74, 6) is 0.666. The number of nitrogens with zero attached hydrogens (tertiary/aromatic N) is 1. The number of halogens is 1. The van der Waals surface area contributed by atoms with Crippen molar-refractivity contribution in [3.63, 3.8) is 0 Å². The third kappa shape index (κ3) is 2.61. The van der Waals surface area contributed by atoms with Crippen molar-refractivity contribution < 1.29 is 9.53 Å². The fraction of sp³-hybridized carbons (Fsp3) is 0.667. The first-order valence-corrected chi connectivity index (χ1v) is 8.03. The minimum Gasteiger partial charge on any atom is -0.372 e. The molecule has 2 fully saturated rings. The third-order valence-corrected chi connectivity index (χ3v) is 6.19. The van der Waals surface area contributed by atoms with E-state index < -0.39 is 0 Å². The average molecular weight is 331 g/mol. The highest BCUT2D eigenvalue weighted by Gasteiger charge is 2.53. The highest BCUT2D eigenvalue weighted by Crippen LogP contribution is 2.52. The van der Waals surface area contributed by atoms with Crippen molar-refractivity contribution in [2.75, 3.05) is 27.2 Å². The van der Waals surface area contributed by atoms with Gasteiger partial charge in [-0.3, -0.25) is 4.79 Å². The first-order chi connectivity index (χ1) is 9.57. The number of methoxy groups -OCH3 is 1. The summed E-state index contributed by atoms with van der Waals surface area (Å²) in [7, 11) is 4.01. The Kier molecular flexibility index (Phi) is 4.98. The van der Waals surface area contributed by atoms with E-state index in [2.05, 4.69) is 11.9 Å². The smallest absolute Gasteiger partial charge is 0.258 e. The molecule has 0 spiro atoms. The van der Waals surface area contributed by atoms with Crippen LogP contribution in [0, 0.1) is 11.8 Å². The van der Waals surface area contributed by atoms with E-state index in [0.29, 0.717) is 16.7 Å². The number of nitrogens with two attached hydrogens (primary N) is 1. The van der Waals surface area contributed by atoms with Crippen molar-refractivity contribution in [2.45, 2.75) is 24.9 Å². The molecule has 2 heterocycles. The van der Waals surface area contributed by atoms with Gasteiger partial charge in [-0.15, -0.1) is 23.7 Å². The number of primary amides is 1. The van der Waals surface area contributed by atoms with E-state index in [1.54, 1.807) is 0 Å². The number of ether oxygens (including phenoxy) is 1. The molecule has 21 heavy (non-hydrogen) atoms. The van der Waals surface area contributed by atoms with Crippen molar-refractivity contribution in [3.05, 3.63) is 21.9 Å². The van der Waals surface area contributed by atoms with E-state index in [0.717, 1.165) is 13.1 Å². The van der Waals surface area contributed by atoms with Gasteiger partial charge in [-0.2, -0.15) is 0 Å². The first kappa shape index (κ1) is 16.7. The van der Waals surface area contributed by atoms with Gasteiger partial charge in [-0.1, -0.05) is 6.42 Å². The summed E-state index contributed by atoms with van der Waals surface area (Å²) < 4.78 is 6.10. The topological polar surface area (TPSA) is 55.6 Å². The Bertz CT molecular complexity index is 506. The predicted molar refractivity (Wildman–Crippen MR) is 87.1 cm³/mol. The molecule has 2 N–H and O–H groups in total. The lowest BCUT2D eigenvalue weighted by molar-refractivity contribution is -0.163. The van der Waals surface area contributed by atoms with Crippen LogP contribution in [0.1, 0.15) is 33.8 Å². The van der Waals surface area contributed by atoms with E-state index in [9.17, 15) is 4.79 Å². The second kappa shape index (κ2) is 6.24. The zero-order chi connectivity index (χ0) is 14.3. The van der Waals surface area contributed by atoms with Crippen LogP contribution in [-0.2, 0) is 10.3 Å². The summed E-state index contributed by atoms with van der Waals surface area (Å²) >= 11 is 1.51. The van der Waals surface area contributed by atoms with Crippen molar-refractivity contribution in [2.24, 2.45) is 17.6 Å². The highest BCUT2D eigenvalue weighted by molar-refractivity contribution is 7.14. The average Bonchev–Trinajstić information content (AvgIpc) is 2.88. The van der Waals surface area contributed by atoms with Gasteiger partial charge in [0, 0.05) is 36.9 Å². The number of fused-ring (bicyclic) bond motifs is 2. The minimum atomic E-state index is -0.342. The van der Waals surface area contributed by atoms with Crippen LogP contribution in [0.15, 0.2) is 12.1 Å². The Morgan fingerprint density at radius 1 is 1.38 bits per heavy atom. The number of amides is 1. The van der Waals surface area contributed by atoms with Gasteiger partial charge in [-0.25, -0.2) is 0 Å². The van der Waals surface area contributed by atoms with Crippen LogP contribution in [0.3, 0.4) is 0 Å². The lowest BCUT2D eigenvalue weighted by Crippen LogP contribution is -2.57. The van der Waals surface area contributed by atoms with Crippen molar-refractivity contribution >= 4 is 29.7 Å². The zero-order valence-corrected chi connectivity index (χ0v) is 14.1. The lowest BCUT2D eigenvalue weighted by atomic mass is 9.64. The largest absolute Gasteiger partial charge is 0.372 e. The van der Waals surface area contributed by atoms with Gasteiger partial charge >= 0.3 is 0 Å². The van der Waals surface area contributed by atoms with Crippen LogP contribution >= 0.6 is 23.7 Å². The number of piperidine rings is 1. The summed E-state index contributed by atoms with van der Waals surface area (Å²) in [5, 5.41) is 0. The minimum absolute atomic E-state index is 0. The number of thiophene rings is 1. The van der Waals surface area contributed by atoms with Crippen LogP contribution in [0.5, 0.6) is 0 Å². The van der Waals surface area contributed by atoms with E-state index in [1.165, 1.54) is 35.5 Å². The van der Waals surface area contributed by atoms with E-state index in [1.807, 2.05) is 19.2 Å². The molecule has 1 aromatic rings. The quantitative estimate of drug-likeness (QED) is 0.926. The maximum atomic E-state index is 11.4. The van der Waals surface area contributed by atoms with E-state index in [-0.39, 0.29) is 23.9 Å². The molecule has 2 bridgehead atoms. The Hall–Kier alpha value is -0.620. The maximum Gasteiger partial charge on any atom is 0.258 e. The monoisotopic (exact) mass is 330 g/mol. The molecular formula is C15H23ClN2O2S.